The molecule has 0 N–H and O–H groups in total. The molecule has 0 unspecified atom stereocenters. The third-order valence-corrected chi connectivity index (χ3v) is 2.98. The number of benzene rings is 1. The van der Waals surface area contributed by atoms with Crippen molar-refractivity contribution in [1.29, 1.82) is 0 Å². The predicted octanol–water partition coefficient (Wildman–Crippen LogP) is 5.26. The summed E-state index contributed by atoms with van der Waals surface area (Å²) in [4.78, 5) is 3.60. The zero-order valence-corrected chi connectivity index (χ0v) is 11.1. The third-order valence-electron chi connectivity index (χ3n) is 2.69. The van der Waals surface area contributed by atoms with E-state index in [1.807, 2.05) is 0 Å². The number of aromatic nitrogens is 1. The molecular weight excluding hydrogens is 313 g/mol. The van der Waals surface area contributed by atoms with Gasteiger partial charge in [-0.3, -0.25) is 0 Å². The second-order valence-corrected chi connectivity index (χ2v) is 4.54. The molecule has 0 bridgehead atoms. The maximum Gasteiger partial charge on any atom is 0.418 e. The number of hydrogen-bond acceptors (Lipinski definition) is 1. The van der Waals surface area contributed by atoms with E-state index in [-0.39, 0.29) is 16.3 Å². The van der Waals surface area contributed by atoms with Crippen LogP contribution in [-0.2, 0) is 0 Å². The minimum absolute atomic E-state index is 0.0266. The van der Waals surface area contributed by atoms with E-state index < -0.39 is 29.1 Å². The van der Waals surface area contributed by atoms with Gasteiger partial charge in [0.05, 0.1) is 16.3 Å². The molecule has 0 atom stereocenters. The Bertz CT molecular complexity index is 709. The number of rotatable bonds is 2. The number of nitrogens with zero attached hydrogens (tertiary/aromatic N) is 1. The topological polar surface area (TPSA) is 12.9 Å². The molecule has 0 amide bonds. The van der Waals surface area contributed by atoms with Crippen LogP contribution in [0.2, 0.25) is 5.02 Å². The zero-order chi connectivity index (χ0) is 15.8. The molecule has 0 aliphatic heterocycles. The van der Waals surface area contributed by atoms with Crippen LogP contribution < -0.4 is 0 Å². The molecule has 1 nitrogen and oxygen atoms in total. The number of allylic oxidation sites excluding steroid dienone is 1. The first-order valence-electron chi connectivity index (χ1n) is 5.58. The average molecular weight is 320 g/mol. The minimum Gasteiger partial charge on any atom is -0.245 e. The monoisotopic (exact) mass is 319 g/mol. The first-order chi connectivity index (χ1) is 9.70. The molecule has 2 aromatic rings. The highest BCUT2D eigenvalue weighted by Gasteiger charge is 2.35. The Morgan fingerprint density at radius 3 is 2.24 bits per heavy atom. The van der Waals surface area contributed by atoms with Crippen LogP contribution >= 0.6 is 11.6 Å². The van der Waals surface area contributed by atoms with Crippen molar-refractivity contribution < 1.29 is 22.0 Å². The number of halogens is 6. The highest BCUT2D eigenvalue weighted by Crippen LogP contribution is 2.34. The van der Waals surface area contributed by atoms with E-state index in [9.17, 15) is 22.0 Å². The molecule has 7 heteroatoms. The van der Waals surface area contributed by atoms with Crippen LogP contribution in [0.3, 0.4) is 0 Å². The Hall–Kier alpha value is -1.95. The van der Waals surface area contributed by atoms with Crippen LogP contribution in [0, 0.1) is 11.6 Å². The third kappa shape index (κ3) is 3.21. The van der Waals surface area contributed by atoms with Gasteiger partial charge in [-0.2, -0.15) is 13.2 Å². The van der Waals surface area contributed by atoms with Crippen molar-refractivity contribution in [3.8, 4) is 11.3 Å². The van der Waals surface area contributed by atoms with Crippen LogP contribution in [0.1, 0.15) is 5.69 Å². The van der Waals surface area contributed by atoms with E-state index >= 15 is 0 Å². The smallest absolute Gasteiger partial charge is 0.245 e. The molecule has 0 radical (unpaired) electrons. The summed E-state index contributed by atoms with van der Waals surface area (Å²) in [6.45, 7) is 2.81. The quantitative estimate of drug-likeness (QED) is 0.688. The maximum atomic E-state index is 13.5. The molecular formula is C14H7ClF5N. The predicted molar refractivity (Wildman–Crippen MR) is 69.7 cm³/mol. The van der Waals surface area contributed by atoms with Gasteiger partial charge in [0.2, 0.25) is 0 Å². The molecule has 0 saturated carbocycles. The van der Waals surface area contributed by atoms with E-state index in [1.54, 1.807) is 0 Å². The van der Waals surface area contributed by atoms with Gasteiger partial charge in [0.1, 0.15) is 17.3 Å². The highest BCUT2D eigenvalue weighted by molar-refractivity contribution is 6.31. The van der Waals surface area contributed by atoms with Gasteiger partial charge in [-0.15, -0.1) is 0 Å². The van der Waals surface area contributed by atoms with Gasteiger partial charge >= 0.3 is 6.18 Å². The van der Waals surface area contributed by atoms with E-state index in [1.165, 1.54) is 18.2 Å². The Kier molecular flexibility index (Phi) is 4.00. The lowest BCUT2D eigenvalue weighted by molar-refractivity contribution is -0.0691. The van der Waals surface area contributed by atoms with Gasteiger partial charge < -0.3 is 0 Å². The summed E-state index contributed by atoms with van der Waals surface area (Å²) < 4.78 is 64.3. The molecule has 0 saturated heterocycles. The van der Waals surface area contributed by atoms with Crippen LogP contribution in [0.4, 0.5) is 22.0 Å². The molecule has 1 heterocycles. The molecule has 0 aliphatic carbocycles. The SMILES string of the molecule is C=C(c1nc(-c2ccc(F)c(Cl)c2)ccc1F)C(F)(F)F. The first kappa shape index (κ1) is 15.4. The van der Waals surface area contributed by atoms with Crippen molar-refractivity contribution in [1.82, 2.24) is 4.98 Å². The fourth-order valence-corrected chi connectivity index (χ4v) is 1.78. The molecule has 0 fully saturated rings. The number of alkyl halides is 3. The highest BCUT2D eigenvalue weighted by atomic mass is 35.5. The zero-order valence-electron chi connectivity index (χ0n) is 10.3. The summed E-state index contributed by atoms with van der Waals surface area (Å²) >= 11 is 5.60. The summed E-state index contributed by atoms with van der Waals surface area (Å²) in [6, 6.07) is 5.53. The van der Waals surface area contributed by atoms with Crippen LogP contribution in [0.25, 0.3) is 16.8 Å². The van der Waals surface area contributed by atoms with Gasteiger partial charge in [0.25, 0.3) is 0 Å². The maximum absolute atomic E-state index is 13.5. The van der Waals surface area contributed by atoms with E-state index in [0.717, 1.165) is 12.1 Å². The summed E-state index contributed by atoms with van der Waals surface area (Å²) in [7, 11) is 0. The van der Waals surface area contributed by atoms with Gasteiger partial charge in [-0.25, -0.2) is 13.8 Å². The average Bonchev–Trinajstić information content (AvgIpc) is 2.41. The summed E-state index contributed by atoms with van der Waals surface area (Å²) in [5, 5.41) is -0.213. The second kappa shape index (κ2) is 5.44. The fourth-order valence-electron chi connectivity index (χ4n) is 1.60. The van der Waals surface area contributed by atoms with E-state index in [4.69, 9.17) is 11.6 Å². The molecule has 0 spiro atoms. The second-order valence-electron chi connectivity index (χ2n) is 4.13. The van der Waals surface area contributed by atoms with Gasteiger partial charge in [-0.05, 0) is 30.3 Å². The van der Waals surface area contributed by atoms with Gasteiger partial charge in [0, 0.05) is 5.56 Å². The Morgan fingerprint density at radius 2 is 1.67 bits per heavy atom. The van der Waals surface area contributed by atoms with Crippen molar-refractivity contribution in [3.05, 3.63) is 59.3 Å². The Labute approximate surface area is 121 Å². The normalized spacial score (nSPS) is 11.5. The molecule has 0 aliphatic rings. The largest absolute Gasteiger partial charge is 0.418 e. The van der Waals surface area contributed by atoms with Crippen LogP contribution in [-0.4, -0.2) is 11.2 Å². The van der Waals surface area contributed by atoms with E-state index in [0.29, 0.717) is 0 Å². The van der Waals surface area contributed by atoms with E-state index in [2.05, 4.69) is 11.6 Å². The summed E-state index contributed by atoms with van der Waals surface area (Å²) in [5.41, 5.74) is -2.01. The van der Waals surface area contributed by atoms with Crippen molar-refractivity contribution >= 4 is 17.2 Å². The molecule has 110 valence electrons. The summed E-state index contributed by atoms with van der Waals surface area (Å²) in [5.74, 6) is -1.82. The minimum atomic E-state index is -4.80. The van der Waals surface area contributed by atoms with Crippen molar-refractivity contribution in [2.45, 2.75) is 6.18 Å². The molecule has 1 aromatic heterocycles. The number of pyridine rings is 1. The van der Waals surface area contributed by atoms with Crippen molar-refractivity contribution in [2.75, 3.05) is 0 Å². The molecule has 1 aromatic carbocycles. The molecule has 2 rings (SSSR count). The fraction of sp³-hybridized carbons (Fsp3) is 0.0714. The Morgan fingerprint density at radius 1 is 1.05 bits per heavy atom. The Balaban J connectivity index is 2.52. The number of hydrogen-bond donors (Lipinski definition) is 0. The van der Waals surface area contributed by atoms with Crippen LogP contribution in [0.5, 0.6) is 0 Å². The van der Waals surface area contributed by atoms with Crippen LogP contribution in [0.15, 0.2) is 36.9 Å². The summed E-state index contributed by atoms with van der Waals surface area (Å²) in [6.07, 6.45) is -4.80. The first-order valence-corrected chi connectivity index (χ1v) is 5.96. The lowest BCUT2D eigenvalue weighted by Crippen LogP contribution is -2.12. The molecule has 21 heavy (non-hydrogen) atoms. The standard InChI is InChI=1S/C14H7ClF5N/c1-7(14(18,19)20)13-11(17)4-5-12(21-13)8-2-3-10(16)9(15)6-8/h2-6H,1H2. The lowest BCUT2D eigenvalue weighted by atomic mass is 10.1. The lowest BCUT2D eigenvalue weighted by Gasteiger charge is -2.11. The van der Waals surface area contributed by atoms with Gasteiger partial charge in [-0.1, -0.05) is 18.2 Å². The van der Waals surface area contributed by atoms with Gasteiger partial charge in [0.15, 0.2) is 0 Å². The van der Waals surface area contributed by atoms with Crippen molar-refractivity contribution in [2.24, 2.45) is 0 Å². The van der Waals surface area contributed by atoms with Crippen molar-refractivity contribution in [3.63, 3.8) is 0 Å².